The molecule has 0 fully saturated rings. The van der Waals surface area contributed by atoms with Crippen molar-refractivity contribution in [1.82, 2.24) is 0 Å². The van der Waals surface area contributed by atoms with Crippen LogP contribution in [0.4, 0.5) is 4.39 Å². The van der Waals surface area contributed by atoms with Gasteiger partial charge in [-0.1, -0.05) is 30.7 Å². The molecule has 1 rings (SSSR count). The Balaban J connectivity index is 2.77. The third-order valence-corrected chi connectivity index (χ3v) is 3.72. The number of halogens is 1. The van der Waals surface area contributed by atoms with Crippen molar-refractivity contribution in [2.75, 3.05) is 6.67 Å². The van der Waals surface area contributed by atoms with E-state index in [0.29, 0.717) is 13.1 Å². The largest absolute Gasteiger partial charge is 0.393 e. The lowest BCUT2D eigenvalue weighted by molar-refractivity contribution is 0.181. The van der Waals surface area contributed by atoms with Gasteiger partial charge >= 0.3 is 0 Å². The maximum atomic E-state index is 13.2. The van der Waals surface area contributed by atoms with Crippen molar-refractivity contribution >= 4 is 11.9 Å². The summed E-state index contributed by atoms with van der Waals surface area (Å²) in [6.45, 7) is 3.89. The van der Waals surface area contributed by atoms with Crippen molar-refractivity contribution < 1.29 is 9.50 Å². The van der Waals surface area contributed by atoms with Crippen LogP contribution in [-0.4, -0.2) is 29.8 Å². The quantitative estimate of drug-likeness (QED) is 0.487. The second-order valence-electron chi connectivity index (χ2n) is 5.85. The van der Waals surface area contributed by atoms with Crippen LogP contribution in [0.5, 0.6) is 0 Å². The van der Waals surface area contributed by atoms with Crippen molar-refractivity contribution in [2.45, 2.75) is 58.5 Å². The number of unbranched alkanes of at least 4 members (excludes halogenated alkanes) is 1. The van der Waals surface area contributed by atoms with Crippen LogP contribution in [0.3, 0.4) is 0 Å². The zero-order valence-corrected chi connectivity index (χ0v) is 14.8. The van der Waals surface area contributed by atoms with Gasteiger partial charge in [0.2, 0.25) is 0 Å². The molecule has 0 aliphatic carbocycles. The Labute approximate surface area is 145 Å². The summed E-state index contributed by atoms with van der Waals surface area (Å²) in [7, 11) is 0. The molecular weight excluding hydrogens is 303 g/mol. The second-order valence-corrected chi connectivity index (χ2v) is 5.85. The van der Waals surface area contributed by atoms with Crippen molar-refractivity contribution in [3.63, 3.8) is 0 Å². The predicted molar refractivity (Wildman–Crippen MR) is 101 cm³/mol. The van der Waals surface area contributed by atoms with Gasteiger partial charge in [0.05, 0.1) is 6.10 Å². The number of nitrogens with zero attached hydrogens (tertiary/aromatic N) is 2. The molecule has 132 valence electrons. The zero-order chi connectivity index (χ0) is 17.6. The van der Waals surface area contributed by atoms with E-state index in [4.69, 9.17) is 0 Å². The monoisotopic (exact) mass is 332 g/mol. The topological polar surface area (TPSA) is 45.0 Å². The molecule has 0 aromatic carbocycles. The molecule has 1 atom stereocenters. The third kappa shape index (κ3) is 9.36. The third-order valence-electron chi connectivity index (χ3n) is 3.72. The summed E-state index contributed by atoms with van der Waals surface area (Å²) in [6.07, 6.45) is 17.6. The summed E-state index contributed by atoms with van der Waals surface area (Å²) >= 11 is 0. The van der Waals surface area contributed by atoms with E-state index in [1.807, 2.05) is 19.1 Å². The van der Waals surface area contributed by atoms with Crippen LogP contribution in [-0.2, 0) is 0 Å². The van der Waals surface area contributed by atoms with Gasteiger partial charge in [0, 0.05) is 18.3 Å². The van der Waals surface area contributed by atoms with Gasteiger partial charge in [-0.05, 0) is 57.3 Å². The van der Waals surface area contributed by atoms with Gasteiger partial charge in [-0.2, -0.15) is 0 Å². The lowest BCUT2D eigenvalue weighted by Gasteiger charge is -2.11. The van der Waals surface area contributed by atoms with E-state index in [-0.39, 0.29) is 11.9 Å². The molecule has 24 heavy (non-hydrogen) atoms. The minimum Gasteiger partial charge on any atom is -0.393 e. The highest BCUT2D eigenvalue weighted by molar-refractivity contribution is 6.01. The molecular formula is C20H29FN2O. The Morgan fingerprint density at radius 2 is 2.25 bits per heavy atom. The van der Waals surface area contributed by atoms with E-state index in [2.05, 4.69) is 22.1 Å². The van der Waals surface area contributed by atoms with Crippen LogP contribution >= 0.6 is 0 Å². The van der Waals surface area contributed by atoms with E-state index in [0.717, 1.165) is 37.8 Å². The molecule has 0 saturated carbocycles. The summed E-state index contributed by atoms with van der Waals surface area (Å²) in [6, 6.07) is 0. The Morgan fingerprint density at radius 3 is 3.00 bits per heavy atom. The maximum Gasteiger partial charge on any atom is 0.129 e. The molecule has 0 bridgehead atoms. The molecule has 0 saturated heterocycles. The van der Waals surface area contributed by atoms with Crippen LogP contribution < -0.4 is 0 Å². The number of aliphatic hydroxyl groups is 1. The molecule has 1 heterocycles. The number of rotatable bonds is 8. The molecule has 1 N–H and O–H groups in total. The Morgan fingerprint density at radius 1 is 1.42 bits per heavy atom. The van der Waals surface area contributed by atoms with Gasteiger partial charge in [-0.15, -0.1) is 0 Å². The van der Waals surface area contributed by atoms with Gasteiger partial charge in [-0.25, -0.2) is 4.39 Å². The summed E-state index contributed by atoms with van der Waals surface area (Å²) in [4.78, 5) is 8.80. The molecule has 0 aromatic rings. The van der Waals surface area contributed by atoms with Gasteiger partial charge in [0.25, 0.3) is 0 Å². The molecule has 0 aromatic heterocycles. The summed E-state index contributed by atoms with van der Waals surface area (Å²) in [5, 5.41) is 9.37. The molecule has 0 spiro atoms. The van der Waals surface area contributed by atoms with Crippen LogP contribution in [0.2, 0.25) is 0 Å². The fraction of sp³-hybridized carbons (Fsp3) is 0.500. The molecule has 1 aliphatic rings. The summed E-state index contributed by atoms with van der Waals surface area (Å²) < 4.78 is 13.2. The Bertz CT molecular complexity index is 540. The lowest BCUT2D eigenvalue weighted by atomic mass is 9.98. The van der Waals surface area contributed by atoms with E-state index >= 15 is 0 Å². The second kappa shape index (κ2) is 12.6. The minimum absolute atomic E-state index is 0.237. The average molecular weight is 332 g/mol. The first kappa shape index (κ1) is 20.2. The van der Waals surface area contributed by atoms with Gasteiger partial charge in [-0.3, -0.25) is 9.98 Å². The van der Waals surface area contributed by atoms with Gasteiger partial charge < -0.3 is 5.11 Å². The molecule has 3 nitrogen and oxygen atoms in total. The van der Waals surface area contributed by atoms with Gasteiger partial charge in [0.1, 0.15) is 12.5 Å². The highest BCUT2D eigenvalue weighted by atomic mass is 19.1. The lowest BCUT2D eigenvalue weighted by Crippen LogP contribution is -2.05. The Kier molecular flexibility index (Phi) is 10.6. The van der Waals surface area contributed by atoms with Crippen LogP contribution in [0.1, 0.15) is 52.4 Å². The number of aliphatic hydroxyl groups excluding tert-OH is 1. The predicted octanol–water partition coefficient (Wildman–Crippen LogP) is 5.10. The van der Waals surface area contributed by atoms with E-state index in [1.165, 1.54) is 17.7 Å². The first-order chi connectivity index (χ1) is 11.6. The minimum atomic E-state index is -0.250. The van der Waals surface area contributed by atoms with E-state index < -0.39 is 0 Å². The standard InChI is InChI=1S/C20H29FN2O/c1-3-19(21)13-9-14-20-18(12-7-6-10-17(2)24)11-5-4-8-15-22-16-23-20/h3-4,8-9,11,13,15,17,24H,5-7,10,12,14,16H2,1-2H3/b8-4-,13-9-,18-11-,19-3+,22-15-,23-20-. The molecule has 4 heteroatoms. The number of hydrogen-bond acceptors (Lipinski definition) is 3. The smallest absolute Gasteiger partial charge is 0.129 e. The molecule has 0 radical (unpaired) electrons. The van der Waals surface area contributed by atoms with Crippen molar-refractivity contribution in [1.29, 1.82) is 0 Å². The van der Waals surface area contributed by atoms with Crippen molar-refractivity contribution in [2.24, 2.45) is 9.98 Å². The summed E-state index contributed by atoms with van der Waals surface area (Å²) in [5.41, 5.74) is 2.17. The normalized spacial score (nSPS) is 24.8. The van der Waals surface area contributed by atoms with Crippen molar-refractivity contribution in [3.8, 4) is 0 Å². The fourth-order valence-corrected chi connectivity index (χ4v) is 2.38. The maximum absolute atomic E-state index is 13.2. The van der Waals surface area contributed by atoms with Gasteiger partial charge in [0.15, 0.2) is 0 Å². The van der Waals surface area contributed by atoms with Crippen LogP contribution in [0, 0.1) is 0 Å². The number of hydrogen-bond donors (Lipinski definition) is 1. The van der Waals surface area contributed by atoms with Crippen molar-refractivity contribution in [3.05, 3.63) is 47.9 Å². The average Bonchev–Trinajstić information content (AvgIpc) is 2.57. The van der Waals surface area contributed by atoms with E-state index in [1.54, 1.807) is 13.1 Å². The molecule has 1 aliphatic heterocycles. The highest BCUT2D eigenvalue weighted by Gasteiger charge is 2.07. The SMILES string of the molecule is C/C=C(F)\C=C/CC1=N/C/N=C\C=C/C/C=C\1CCCCC(C)O. The number of aliphatic imine (C=N–C) groups is 2. The van der Waals surface area contributed by atoms with Crippen LogP contribution in [0.15, 0.2) is 57.8 Å². The first-order valence-electron chi connectivity index (χ1n) is 8.67. The molecule has 0 amide bonds. The summed E-state index contributed by atoms with van der Waals surface area (Å²) in [5.74, 6) is -0.237. The van der Waals surface area contributed by atoms with Crippen LogP contribution in [0.25, 0.3) is 0 Å². The fourth-order valence-electron chi connectivity index (χ4n) is 2.38. The Hall–Kier alpha value is -1.81. The number of allylic oxidation sites excluding steroid dienone is 8. The zero-order valence-electron chi connectivity index (χ0n) is 14.8. The molecule has 1 unspecified atom stereocenters. The van der Waals surface area contributed by atoms with E-state index in [9.17, 15) is 9.50 Å². The first-order valence-corrected chi connectivity index (χ1v) is 8.67. The highest BCUT2D eigenvalue weighted by Crippen LogP contribution is 2.16.